The molecule has 0 bridgehead atoms. The third-order valence-corrected chi connectivity index (χ3v) is 6.15. The number of pyridine rings is 1. The van der Waals surface area contributed by atoms with Gasteiger partial charge >= 0.3 is 0 Å². The molecule has 0 spiro atoms. The molecule has 32 heavy (non-hydrogen) atoms. The molecule has 1 saturated carbocycles. The molecule has 1 aromatic carbocycles. The Kier molecular flexibility index (Phi) is 9.87. The van der Waals surface area contributed by atoms with E-state index in [4.69, 9.17) is 16.3 Å². The van der Waals surface area contributed by atoms with Gasteiger partial charge in [-0.3, -0.25) is 9.89 Å². The Morgan fingerprint density at radius 2 is 1.88 bits per heavy atom. The van der Waals surface area contributed by atoms with Gasteiger partial charge in [0.25, 0.3) is 0 Å². The molecule has 0 atom stereocenters. The van der Waals surface area contributed by atoms with Crippen molar-refractivity contribution in [3.05, 3.63) is 58.7 Å². The van der Waals surface area contributed by atoms with Gasteiger partial charge in [-0.2, -0.15) is 0 Å². The van der Waals surface area contributed by atoms with Crippen LogP contribution in [-0.4, -0.2) is 48.6 Å². The molecule has 2 aliphatic rings. The lowest BCUT2D eigenvalue weighted by Gasteiger charge is -2.33. The number of benzene rings is 1. The molecule has 2 N–H and O–H groups in total. The van der Waals surface area contributed by atoms with Crippen LogP contribution in [0.5, 0.6) is 5.88 Å². The number of nitrogens with one attached hydrogen (secondary N) is 2. The lowest BCUT2D eigenvalue weighted by molar-refractivity contribution is 0.198. The van der Waals surface area contributed by atoms with Crippen LogP contribution in [0.3, 0.4) is 0 Å². The van der Waals surface area contributed by atoms with Gasteiger partial charge in [-0.1, -0.05) is 23.7 Å². The second-order valence-corrected chi connectivity index (χ2v) is 8.94. The van der Waals surface area contributed by atoms with Crippen molar-refractivity contribution in [3.63, 3.8) is 0 Å². The summed E-state index contributed by atoms with van der Waals surface area (Å²) in [4.78, 5) is 11.2. The van der Waals surface area contributed by atoms with Crippen LogP contribution in [0.4, 0.5) is 0 Å². The van der Waals surface area contributed by atoms with E-state index < -0.39 is 0 Å². The van der Waals surface area contributed by atoms with Gasteiger partial charge in [-0.05, 0) is 60.9 Å². The number of ether oxygens (including phenoxy) is 1. The number of hydrogen-bond donors (Lipinski definition) is 2. The molecule has 174 valence electrons. The van der Waals surface area contributed by atoms with Crippen LogP contribution in [0.15, 0.2) is 47.6 Å². The van der Waals surface area contributed by atoms with Crippen LogP contribution in [0.25, 0.3) is 0 Å². The Balaban J connectivity index is 0.00000289. The standard InChI is InChI=1S/C24H32ClN5O.HI/c1-26-24(28-15-20-8-11-27-23(14-20)31-17-19-2-3-19)29-22-9-12-30(13-10-22)16-18-4-6-21(25)7-5-18;/h4-8,11,14,19,22H,2-3,9-10,12-13,15-17H2,1H3,(H2,26,28,29);1H. The number of halogens is 2. The predicted molar refractivity (Wildman–Crippen MR) is 141 cm³/mol. The van der Waals surface area contributed by atoms with Gasteiger partial charge in [-0.15, -0.1) is 24.0 Å². The molecule has 1 aromatic heterocycles. The Hall–Kier alpha value is -1.58. The summed E-state index contributed by atoms with van der Waals surface area (Å²) in [6, 6.07) is 12.6. The molecular weight excluding hydrogens is 537 g/mol. The van der Waals surface area contributed by atoms with E-state index in [2.05, 4.69) is 37.6 Å². The van der Waals surface area contributed by atoms with Crippen molar-refractivity contribution in [2.24, 2.45) is 10.9 Å². The Morgan fingerprint density at radius 1 is 1.12 bits per heavy atom. The summed E-state index contributed by atoms with van der Waals surface area (Å²) in [6.45, 7) is 4.60. The predicted octanol–water partition coefficient (Wildman–Crippen LogP) is 4.47. The summed E-state index contributed by atoms with van der Waals surface area (Å²) in [7, 11) is 1.82. The molecule has 2 fully saturated rings. The molecule has 1 aliphatic heterocycles. The van der Waals surface area contributed by atoms with Crippen molar-refractivity contribution < 1.29 is 4.74 Å². The van der Waals surface area contributed by atoms with Crippen LogP contribution >= 0.6 is 35.6 Å². The molecule has 1 aliphatic carbocycles. The maximum absolute atomic E-state index is 5.99. The first kappa shape index (κ1) is 25.1. The van der Waals surface area contributed by atoms with E-state index in [1.807, 2.05) is 37.5 Å². The largest absolute Gasteiger partial charge is 0.477 e. The van der Waals surface area contributed by atoms with Crippen molar-refractivity contribution in [2.45, 2.75) is 44.8 Å². The van der Waals surface area contributed by atoms with Gasteiger partial charge in [0.05, 0.1) is 6.61 Å². The quantitative estimate of drug-likeness (QED) is 0.279. The van der Waals surface area contributed by atoms with Gasteiger partial charge < -0.3 is 15.4 Å². The van der Waals surface area contributed by atoms with E-state index in [1.165, 1.54) is 18.4 Å². The number of piperidine rings is 1. The molecule has 0 amide bonds. The summed E-state index contributed by atoms with van der Waals surface area (Å²) in [5, 5.41) is 7.79. The summed E-state index contributed by atoms with van der Waals surface area (Å²) in [6.07, 6.45) is 6.57. The molecule has 0 radical (unpaired) electrons. The number of nitrogens with zero attached hydrogens (tertiary/aromatic N) is 3. The number of hydrogen-bond acceptors (Lipinski definition) is 4. The second-order valence-electron chi connectivity index (χ2n) is 8.50. The van der Waals surface area contributed by atoms with E-state index in [0.717, 1.165) is 61.5 Å². The lowest BCUT2D eigenvalue weighted by atomic mass is 10.0. The topological polar surface area (TPSA) is 61.8 Å². The van der Waals surface area contributed by atoms with E-state index in [9.17, 15) is 0 Å². The van der Waals surface area contributed by atoms with Crippen LogP contribution in [0.1, 0.15) is 36.8 Å². The molecule has 8 heteroatoms. The molecule has 6 nitrogen and oxygen atoms in total. The highest BCUT2D eigenvalue weighted by Gasteiger charge is 2.22. The maximum Gasteiger partial charge on any atom is 0.213 e. The fourth-order valence-corrected chi connectivity index (χ4v) is 3.91. The second kappa shape index (κ2) is 12.6. The van der Waals surface area contributed by atoms with Gasteiger partial charge in [-0.25, -0.2) is 4.98 Å². The zero-order chi connectivity index (χ0) is 21.5. The molecule has 1 saturated heterocycles. The Bertz CT molecular complexity index is 867. The number of likely N-dealkylation sites (tertiary alicyclic amines) is 1. The van der Waals surface area contributed by atoms with Gasteiger partial charge in [0.15, 0.2) is 5.96 Å². The number of aromatic nitrogens is 1. The van der Waals surface area contributed by atoms with Crippen LogP contribution in [0.2, 0.25) is 5.02 Å². The zero-order valence-corrected chi connectivity index (χ0v) is 21.7. The Morgan fingerprint density at radius 3 is 2.56 bits per heavy atom. The zero-order valence-electron chi connectivity index (χ0n) is 18.6. The summed E-state index contributed by atoms with van der Waals surface area (Å²) < 4.78 is 5.79. The summed E-state index contributed by atoms with van der Waals surface area (Å²) in [5.74, 6) is 2.28. The van der Waals surface area contributed by atoms with E-state index in [1.54, 1.807) is 0 Å². The van der Waals surface area contributed by atoms with E-state index in [0.29, 0.717) is 18.5 Å². The molecule has 2 aromatic rings. The molecule has 2 heterocycles. The maximum atomic E-state index is 5.99. The van der Waals surface area contributed by atoms with Crippen molar-refractivity contribution in [3.8, 4) is 5.88 Å². The lowest BCUT2D eigenvalue weighted by Crippen LogP contribution is -2.48. The normalized spacial score (nSPS) is 17.5. The third-order valence-electron chi connectivity index (χ3n) is 5.89. The highest BCUT2D eigenvalue weighted by Crippen LogP contribution is 2.29. The first-order chi connectivity index (χ1) is 15.2. The first-order valence-electron chi connectivity index (χ1n) is 11.2. The molecular formula is C24H33ClIN5O. The highest BCUT2D eigenvalue weighted by molar-refractivity contribution is 14.0. The van der Waals surface area contributed by atoms with Crippen molar-refractivity contribution in [2.75, 3.05) is 26.7 Å². The highest BCUT2D eigenvalue weighted by atomic mass is 127. The number of aliphatic imine (C=N–C) groups is 1. The fraction of sp³-hybridized carbons (Fsp3) is 0.500. The summed E-state index contributed by atoms with van der Waals surface area (Å²) in [5.41, 5.74) is 2.45. The van der Waals surface area contributed by atoms with Crippen LogP contribution < -0.4 is 15.4 Å². The fourth-order valence-electron chi connectivity index (χ4n) is 3.78. The minimum Gasteiger partial charge on any atom is -0.477 e. The Labute approximate surface area is 213 Å². The number of rotatable bonds is 8. The van der Waals surface area contributed by atoms with Crippen molar-refractivity contribution in [1.29, 1.82) is 0 Å². The number of guanidine groups is 1. The van der Waals surface area contributed by atoms with Crippen LogP contribution in [-0.2, 0) is 13.1 Å². The minimum atomic E-state index is 0. The van der Waals surface area contributed by atoms with Crippen molar-refractivity contribution >= 4 is 41.5 Å². The third kappa shape index (κ3) is 8.08. The van der Waals surface area contributed by atoms with Crippen molar-refractivity contribution in [1.82, 2.24) is 20.5 Å². The van der Waals surface area contributed by atoms with Gasteiger partial charge in [0.1, 0.15) is 0 Å². The van der Waals surface area contributed by atoms with E-state index >= 15 is 0 Å². The van der Waals surface area contributed by atoms with Crippen LogP contribution in [0, 0.1) is 5.92 Å². The summed E-state index contributed by atoms with van der Waals surface area (Å²) >= 11 is 5.99. The molecule has 4 rings (SSSR count). The average molecular weight is 570 g/mol. The molecule has 0 unspecified atom stereocenters. The first-order valence-corrected chi connectivity index (χ1v) is 11.6. The van der Waals surface area contributed by atoms with E-state index in [-0.39, 0.29) is 24.0 Å². The van der Waals surface area contributed by atoms with Gasteiger partial charge in [0, 0.05) is 56.6 Å². The monoisotopic (exact) mass is 569 g/mol. The van der Waals surface area contributed by atoms with Gasteiger partial charge in [0.2, 0.25) is 5.88 Å². The SMILES string of the molecule is CN=C(NCc1ccnc(OCC2CC2)c1)NC1CCN(Cc2ccc(Cl)cc2)CC1.I. The smallest absolute Gasteiger partial charge is 0.213 e. The minimum absolute atomic E-state index is 0. The average Bonchev–Trinajstić information content (AvgIpc) is 3.63.